The predicted octanol–water partition coefficient (Wildman–Crippen LogP) is 3.32. The van der Waals surface area contributed by atoms with Crippen molar-refractivity contribution in [2.45, 2.75) is 62.2 Å². The minimum absolute atomic E-state index is 0.0577. The van der Waals surface area contributed by atoms with Crippen LogP contribution in [0.2, 0.25) is 0 Å². The van der Waals surface area contributed by atoms with E-state index in [-0.39, 0.29) is 17.5 Å². The molecule has 12 heteroatoms. The lowest BCUT2D eigenvalue weighted by atomic mass is 9.87. The number of carbonyl (C=O) groups is 1. The summed E-state index contributed by atoms with van der Waals surface area (Å²) >= 11 is 3.44. The molecular formula is C35H44BrN7O4. The number of halogens is 1. The second kappa shape index (κ2) is 13.4. The smallest absolute Gasteiger partial charge is 0.282 e. The number of ether oxygens (including phenoxy) is 1. The van der Waals surface area contributed by atoms with Crippen LogP contribution in [0.4, 0.5) is 5.69 Å². The van der Waals surface area contributed by atoms with Crippen LogP contribution in [0, 0.1) is 0 Å². The van der Waals surface area contributed by atoms with Crippen LogP contribution in [0.25, 0.3) is 0 Å². The van der Waals surface area contributed by atoms with Crippen molar-refractivity contribution in [2.24, 2.45) is 7.05 Å². The Morgan fingerprint density at radius 2 is 1.83 bits per heavy atom. The van der Waals surface area contributed by atoms with Gasteiger partial charge in [0, 0.05) is 58.8 Å². The van der Waals surface area contributed by atoms with Crippen LogP contribution >= 0.6 is 15.9 Å². The largest absolute Gasteiger partial charge is 0.379 e. The molecule has 2 aromatic carbocycles. The van der Waals surface area contributed by atoms with Gasteiger partial charge in [0.25, 0.3) is 5.56 Å². The van der Waals surface area contributed by atoms with Crippen LogP contribution in [0.15, 0.2) is 64.0 Å². The van der Waals surface area contributed by atoms with Crippen LogP contribution in [-0.2, 0) is 23.1 Å². The molecule has 4 atom stereocenters. The zero-order valence-corrected chi connectivity index (χ0v) is 28.7. The first kappa shape index (κ1) is 32.4. The van der Waals surface area contributed by atoms with Gasteiger partial charge < -0.3 is 25.4 Å². The summed E-state index contributed by atoms with van der Waals surface area (Å²) in [5, 5.41) is 22.0. The van der Waals surface area contributed by atoms with E-state index in [0.29, 0.717) is 35.9 Å². The average molecular weight is 707 g/mol. The molecule has 5 heterocycles. The highest BCUT2D eigenvalue weighted by Crippen LogP contribution is 2.36. The van der Waals surface area contributed by atoms with E-state index in [1.165, 1.54) is 21.4 Å². The van der Waals surface area contributed by atoms with Gasteiger partial charge in [-0.25, -0.2) is 4.68 Å². The molecule has 250 valence electrons. The van der Waals surface area contributed by atoms with Crippen molar-refractivity contribution in [3.63, 3.8) is 0 Å². The molecule has 1 aromatic heterocycles. The van der Waals surface area contributed by atoms with Gasteiger partial charge in [-0.1, -0.05) is 48.5 Å². The summed E-state index contributed by atoms with van der Waals surface area (Å²) in [6, 6.07) is 17.5. The number of aliphatic hydroxyl groups excluding tert-OH is 1. The Balaban J connectivity index is 0.934. The number of anilines is 1. The highest BCUT2D eigenvalue weighted by atomic mass is 79.9. The SMILES string of the molecule is CN1C[C@H](Nc2cnn(C)c(=O)c2Br)C[C@H](c2ccc(C(O)N3CCC(c4cccc(CN5CCC(=O)NC56CO6)c4)CC3)cc2)C1. The maximum absolute atomic E-state index is 12.3. The third-order valence-corrected chi connectivity index (χ3v) is 11.1. The van der Waals surface area contributed by atoms with Crippen molar-refractivity contribution in [2.75, 3.05) is 51.7 Å². The van der Waals surface area contributed by atoms with Gasteiger partial charge >= 0.3 is 0 Å². The second-order valence-electron chi connectivity index (χ2n) is 13.7. The lowest BCUT2D eigenvalue weighted by Gasteiger charge is -2.37. The molecule has 0 bridgehead atoms. The third kappa shape index (κ3) is 7.04. The molecule has 11 nitrogen and oxygen atoms in total. The molecule has 3 aromatic rings. The van der Waals surface area contributed by atoms with Gasteiger partial charge in [0.1, 0.15) is 17.3 Å². The minimum atomic E-state index is -0.630. The van der Waals surface area contributed by atoms with Crippen LogP contribution in [0.5, 0.6) is 0 Å². The number of epoxide rings is 1. The Labute approximate surface area is 284 Å². The normalized spacial score (nSPS) is 26.7. The first-order valence-corrected chi connectivity index (χ1v) is 17.4. The van der Waals surface area contributed by atoms with Crippen molar-refractivity contribution in [3.8, 4) is 0 Å². The highest BCUT2D eigenvalue weighted by molar-refractivity contribution is 9.10. The number of rotatable bonds is 8. The number of amides is 1. The van der Waals surface area contributed by atoms with Crippen molar-refractivity contribution in [3.05, 3.63) is 91.8 Å². The molecule has 4 aliphatic rings. The van der Waals surface area contributed by atoms with Crippen LogP contribution in [-0.4, -0.2) is 93.8 Å². The Hall–Kier alpha value is -3.13. The minimum Gasteiger partial charge on any atom is -0.379 e. The standard InChI is InChI=1S/C35H44BrN7O4/c1-40-20-28(17-29(21-40)38-30-18-37-41(2)34(46)32(30)36)24-6-8-26(9-7-24)33(45)42-13-10-25(11-14-42)27-5-3-4-23(16-27)19-43-15-12-31(44)39-35(43)22-47-35/h3-9,16,18,25,28-29,33,38,45H,10-15,17,19-22H2,1-2H3,(H,39,44)/t28-,29+,33?,35?/m0/s1. The number of nitrogens with zero attached hydrogens (tertiary/aromatic N) is 5. The fraction of sp³-hybridized carbons (Fsp3) is 0.514. The molecule has 2 unspecified atom stereocenters. The molecule has 47 heavy (non-hydrogen) atoms. The molecule has 1 amide bonds. The number of carbonyl (C=O) groups excluding carboxylic acids is 1. The molecular weight excluding hydrogens is 662 g/mol. The molecule has 1 spiro atoms. The van der Waals surface area contributed by atoms with Crippen molar-refractivity contribution in [1.82, 2.24) is 29.8 Å². The first-order valence-electron chi connectivity index (χ1n) is 16.6. The quantitative estimate of drug-likeness (QED) is 0.304. The zero-order valence-electron chi connectivity index (χ0n) is 27.1. The van der Waals surface area contributed by atoms with Gasteiger partial charge in [-0.3, -0.25) is 19.4 Å². The fourth-order valence-corrected chi connectivity index (χ4v) is 8.07. The number of hydrogen-bond donors (Lipinski definition) is 3. The number of aliphatic hydroxyl groups is 1. The molecule has 0 radical (unpaired) electrons. The van der Waals surface area contributed by atoms with Gasteiger partial charge in [0.05, 0.1) is 11.9 Å². The number of benzene rings is 2. The van der Waals surface area contributed by atoms with Gasteiger partial charge in [-0.05, 0) is 76.3 Å². The maximum Gasteiger partial charge on any atom is 0.282 e. The second-order valence-corrected chi connectivity index (χ2v) is 14.5. The molecule has 0 aliphatic carbocycles. The van der Waals surface area contributed by atoms with Crippen molar-refractivity contribution >= 4 is 27.5 Å². The van der Waals surface area contributed by atoms with E-state index in [1.807, 2.05) is 0 Å². The number of hydrogen-bond acceptors (Lipinski definition) is 9. The van der Waals surface area contributed by atoms with Crippen LogP contribution in [0.1, 0.15) is 66.0 Å². The summed E-state index contributed by atoms with van der Waals surface area (Å²) in [5.74, 6) is 0.242. The van der Waals surface area contributed by atoms with Crippen LogP contribution < -0.4 is 16.2 Å². The van der Waals surface area contributed by atoms with Gasteiger partial charge in [-0.2, -0.15) is 5.10 Å². The summed E-state index contributed by atoms with van der Waals surface area (Å²) in [6.45, 7) is 5.50. The lowest BCUT2D eigenvalue weighted by Crippen LogP contribution is -2.56. The molecule has 4 saturated heterocycles. The number of aryl methyl sites for hydroxylation is 1. The summed E-state index contributed by atoms with van der Waals surface area (Å²) < 4.78 is 7.46. The highest BCUT2D eigenvalue weighted by Gasteiger charge is 2.53. The van der Waals surface area contributed by atoms with Crippen molar-refractivity contribution in [1.29, 1.82) is 0 Å². The van der Waals surface area contributed by atoms with Crippen LogP contribution in [0.3, 0.4) is 0 Å². The van der Waals surface area contributed by atoms with E-state index in [4.69, 9.17) is 4.74 Å². The number of piperidine rings is 2. The number of likely N-dealkylation sites (N-methyl/N-ethyl adjacent to an activating group) is 1. The third-order valence-electron chi connectivity index (χ3n) is 10.3. The maximum atomic E-state index is 12.3. The summed E-state index contributed by atoms with van der Waals surface area (Å²) in [4.78, 5) is 30.9. The van der Waals surface area contributed by atoms with E-state index >= 15 is 0 Å². The Morgan fingerprint density at radius 1 is 1.06 bits per heavy atom. The fourth-order valence-electron chi connectivity index (χ4n) is 7.60. The zero-order chi connectivity index (χ0) is 32.7. The number of aromatic nitrogens is 2. The lowest BCUT2D eigenvalue weighted by molar-refractivity contribution is -0.131. The average Bonchev–Trinajstić information content (AvgIpc) is 3.85. The first-order chi connectivity index (χ1) is 22.7. The predicted molar refractivity (Wildman–Crippen MR) is 183 cm³/mol. The number of nitrogens with one attached hydrogen (secondary N) is 2. The molecule has 4 fully saturated rings. The molecule has 4 aliphatic heterocycles. The summed E-state index contributed by atoms with van der Waals surface area (Å²) in [5.41, 5.74) is 5.32. The monoisotopic (exact) mass is 705 g/mol. The Kier molecular flexibility index (Phi) is 9.25. The molecule has 0 saturated carbocycles. The van der Waals surface area contributed by atoms with E-state index in [2.05, 4.69) is 102 Å². The Bertz CT molecular complexity index is 1650. The molecule has 3 N–H and O–H groups in total. The van der Waals surface area contributed by atoms with Crippen molar-refractivity contribution < 1.29 is 14.6 Å². The van der Waals surface area contributed by atoms with Gasteiger partial charge in [0.15, 0.2) is 0 Å². The topological polar surface area (TPSA) is 118 Å². The molecule has 7 rings (SSSR count). The summed E-state index contributed by atoms with van der Waals surface area (Å²) in [6.07, 6.45) is 4.49. The van der Waals surface area contributed by atoms with Gasteiger partial charge in [0.2, 0.25) is 11.8 Å². The van der Waals surface area contributed by atoms with E-state index in [9.17, 15) is 14.7 Å². The van der Waals surface area contributed by atoms with Gasteiger partial charge in [-0.15, -0.1) is 0 Å². The Morgan fingerprint density at radius 3 is 2.57 bits per heavy atom. The van der Waals surface area contributed by atoms with E-state index in [1.54, 1.807) is 13.2 Å². The summed E-state index contributed by atoms with van der Waals surface area (Å²) in [7, 11) is 3.77. The van der Waals surface area contributed by atoms with E-state index in [0.717, 1.165) is 63.2 Å². The van der Waals surface area contributed by atoms with E-state index < -0.39 is 12.1 Å². The number of likely N-dealkylation sites (tertiary alicyclic amines) is 2.